The summed E-state index contributed by atoms with van der Waals surface area (Å²) < 4.78 is 13.7. The molecule has 0 saturated carbocycles. The van der Waals surface area contributed by atoms with Crippen LogP contribution in [0.2, 0.25) is 0 Å². The standard InChI is InChI=1S/C14H16N2O2/c1-10-8-15-14(16(10)2)7-11-9-17-12-5-3-4-6-13(12)18-11/h3-6,8,11H,7,9H2,1-2H3. The van der Waals surface area contributed by atoms with Crippen LogP contribution in [0.4, 0.5) is 0 Å². The molecule has 1 aliphatic rings. The molecule has 0 aliphatic carbocycles. The third-order valence-electron chi connectivity index (χ3n) is 3.29. The molecule has 1 aromatic heterocycles. The number of hydrogen-bond donors (Lipinski definition) is 0. The van der Waals surface area contributed by atoms with Crippen molar-refractivity contribution >= 4 is 0 Å². The van der Waals surface area contributed by atoms with Crippen LogP contribution in [0.5, 0.6) is 11.5 Å². The van der Waals surface area contributed by atoms with E-state index in [0.717, 1.165) is 29.4 Å². The molecular weight excluding hydrogens is 228 g/mol. The third-order valence-corrected chi connectivity index (χ3v) is 3.29. The highest BCUT2D eigenvalue weighted by molar-refractivity contribution is 5.40. The number of hydrogen-bond acceptors (Lipinski definition) is 3. The summed E-state index contributed by atoms with van der Waals surface area (Å²) >= 11 is 0. The summed E-state index contributed by atoms with van der Waals surface area (Å²) in [5.74, 6) is 2.67. The maximum atomic E-state index is 5.92. The van der Waals surface area contributed by atoms with Gasteiger partial charge in [0, 0.05) is 25.4 Å². The Morgan fingerprint density at radius 2 is 2.11 bits per heavy atom. The molecule has 18 heavy (non-hydrogen) atoms. The number of aromatic nitrogens is 2. The van der Waals surface area contributed by atoms with Gasteiger partial charge < -0.3 is 14.0 Å². The summed E-state index contributed by atoms with van der Waals surface area (Å²) in [6.45, 7) is 2.62. The Hall–Kier alpha value is -1.97. The monoisotopic (exact) mass is 244 g/mol. The van der Waals surface area contributed by atoms with Crippen molar-refractivity contribution in [3.8, 4) is 11.5 Å². The molecule has 2 aromatic rings. The zero-order chi connectivity index (χ0) is 12.5. The quantitative estimate of drug-likeness (QED) is 0.811. The first-order valence-corrected chi connectivity index (χ1v) is 6.09. The summed E-state index contributed by atoms with van der Waals surface area (Å²) in [5, 5.41) is 0. The van der Waals surface area contributed by atoms with Crippen molar-refractivity contribution in [3.63, 3.8) is 0 Å². The molecular formula is C14H16N2O2. The van der Waals surface area contributed by atoms with E-state index in [1.54, 1.807) is 0 Å². The van der Waals surface area contributed by atoms with Gasteiger partial charge in [-0.05, 0) is 19.1 Å². The lowest BCUT2D eigenvalue weighted by atomic mass is 10.2. The Morgan fingerprint density at radius 3 is 2.83 bits per heavy atom. The van der Waals surface area contributed by atoms with Gasteiger partial charge in [-0.1, -0.05) is 12.1 Å². The lowest BCUT2D eigenvalue weighted by molar-refractivity contribution is 0.0894. The van der Waals surface area contributed by atoms with E-state index in [0.29, 0.717) is 6.61 Å². The maximum absolute atomic E-state index is 5.92. The fourth-order valence-electron chi connectivity index (χ4n) is 2.10. The van der Waals surface area contributed by atoms with Crippen LogP contribution in [0.1, 0.15) is 11.5 Å². The minimum atomic E-state index is 0.0281. The second kappa shape index (κ2) is 4.37. The van der Waals surface area contributed by atoms with E-state index in [1.807, 2.05) is 44.4 Å². The minimum absolute atomic E-state index is 0.0281. The normalized spacial score (nSPS) is 17.8. The lowest BCUT2D eigenvalue weighted by Crippen LogP contribution is -2.32. The molecule has 1 aliphatic heterocycles. The van der Waals surface area contributed by atoms with Gasteiger partial charge in [0.2, 0.25) is 0 Å². The van der Waals surface area contributed by atoms with Crippen LogP contribution < -0.4 is 9.47 Å². The Labute approximate surface area is 106 Å². The molecule has 3 rings (SSSR count). The van der Waals surface area contributed by atoms with Gasteiger partial charge in [0.05, 0.1) is 0 Å². The SMILES string of the molecule is Cc1cnc(CC2COc3ccccc3O2)n1C. The number of fused-ring (bicyclic) bond motifs is 1. The molecule has 0 saturated heterocycles. The highest BCUT2D eigenvalue weighted by Crippen LogP contribution is 2.31. The van der Waals surface area contributed by atoms with Crippen LogP contribution in [0.25, 0.3) is 0 Å². The molecule has 0 spiro atoms. The van der Waals surface area contributed by atoms with E-state index >= 15 is 0 Å². The molecule has 0 fully saturated rings. The first kappa shape index (κ1) is 11.1. The zero-order valence-electron chi connectivity index (χ0n) is 10.6. The molecule has 94 valence electrons. The van der Waals surface area contributed by atoms with Gasteiger partial charge >= 0.3 is 0 Å². The maximum Gasteiger partial charge on any atom is 0.161 e. The molecule has 0 N–H and O–H groups in total. The topological polar surface area (TPSA) is 36.3 Å². The first-order chi connectivity index (χ1) is 8.74. The minimum Gasteiger partial charge on any atom is -0.486 e. The molecule has 2 heterocycles. The van der Waals surface area contributed by atoms with Crippen LogP contribution in [-0.4, -0.2) is 22.3 Å². The molecule has 1 unspecified atom stereocenters. The average Bonchev–Trinajstić information content (AvgIpc) is 2.71. The molecule has 4 heteroatoms. The van der Waals surface area contributed by atoms with E-state index in [1.165, 1.54) is 0 Å². The van der Waals surface area contributed by atoms with Crippen LogP contribution in [-0.2, 0) is 13.5 Å². The third kappa shape index (κ3) is 1.94. The number of benzene rings is 1. The average molecular weight is 244 g/mol. The van der Waals surface area contributed by atoms with E-state index < -0.39 is 0 Å². The van der Waals surface area contributed by atoms with Gasteiger partial charge in [-0.15, -0.1) is 0 Å². The Kier molecular flexibility index (Phi) is 2.70. The van der Waals surface area contributed by atoms with E-state index in [2.05, 4.69) is 9.55 Å². The van der Waals surface area contributed by atoms with Gasteiger partial charge in [-0.25, -0.2) is 4.98 Å². The Bertz CT molecular complexity index is 563. The van der Waals surface area contributed by atoms with Gasteiger partial charge in [0.15, 0.2) is 11.5 Å². The zero-order valence-corrected chi connectivity index (χ0v) is 10.6. The largest absolute Gasteiger partial charge is 0.486 e. The summed E-state index contributed by atoms with van der Waals surface area (Å²) in [4.78, 5) is 4.39. The predicted octanol–water partition coefficient (Wildman–Crippen LogP) is 2.11. The lowest BCUT2D eigenvalue weighted by Gasteiger charge is -2.26. The van der Waals surface area contributed by atoms with Gasteiger partial charge in [0.25, 0.3) is 0 Å². The Morgan fingerprint density at radius 1 is 1.33 bits per heavy atom. The number of rotatable bonds is 2. The number of para-hydroxylation sites is 2. The fraction of sp³-hybridized carbons (Fsp3) is 0.357. The second-order valence-corrected chi connectivity index (χ2v) is 4.58. The van der Waals surface area contributed by atoms with Crippen molar-refractivity contribution in [1.82, 2.24) is 9.55 Å². The summed E-state index contributed by atoms with van der Waals surface area (Å²) in [7, 11) is 2.02. The summed E-state index contributed by atoms with van der Waals surface area (Å²) in [6, 6.07) is 7.77. The molecule has 0 radical (unpaired) electrons. The van der Waals surface area contributed by atoms with Crippen LogP contribution >= 0.6 is 0 Å². The van der Waals surface area contributed by atoms with E-state index in [4.69, 9.17) is 9.47 Å². The number of aryl methyl sites for hydroxylation is 1. The summed E-state index contributed by atoms with van der Waals surface area (Å²) in [6.07, 6.45) is 2.67. The van der Waals surface area contributed by atoms with Crippen LogP contribution in [0, 0.1) is 6.92 Å². The number of nitrogens with zero attached hydrogens (tertiary/aromatic N) is 2. The van der Waals surface area contributed by atoms with Crippen molar-refractivity contribution in [3.05, 3.63) is 42.0 Å². The number of ether oxygens (including phenoxy) is 2. The van der Waals surface area contributed by atoms with Gasteiger partial charge in [-0.2, -0.15) is 0 Å². The highest BCUT2D eigenvalue weighted by atomic mass is 16.6. The Balaban J connectivity index is 1.75. The van der Waals surface area contributed by atoms with Crippen molar-refractivity contribution in [2.24, 2.45) is 7.05 Å². The molecule has 1 atom stereocenters. The van der Waals surface area contributed by atoms with Gasteiger partial charge in [-0.3, -0.25) is 0 Å². The van der Waals surface area contributed by atoms with E-state index in [-0.39, 0.29) is 6.10 Å². The summed E-state index contributed by atoms with van der Waals surface area (Å²) in [5.41, 5.74) is 1.15. The fourth-order valence-corrected chi connectivity index (χ4v) is 2.10. The van der Waals surface area contributed by atoms with Crippen molar-refractivity contribution in [2.75, 3.05) is 6.61 Å². The van der Waals surface area contributed by atoms with Crippen LogP contribution in [0.15, 0.2) is 30.5 Å². The van der Waals surface area contributed by atoms with Crippen LogP contribution in [0.3, 0.4) is 0 Å². The molecule has 0 amide bonds. The smallest absolute Gasteiger partial charge is 0.161 e. The van der Waals surface area contributed by atoms with E-state index in [9.17, 15) is 0 Å². The predicted molar refractivity (Wildman–Crippen MR) is 68.0 cm³/mol. The molecule has 0 bridgehead atoms. The molecule has 1 aromatic carbocycles. The van der Waals surface area contributed by atoms with Crippen molar-refractivity contribution in [1.29, 1.82) is 0 Å². The second-order valence-electron chi connectivity index (χ2n) is 4.58. The number of imidazole rings is 1. The van der Waals surface area contributed by atoms with Gasteiger partial charge in [0.1, 0.15) is 18.5 Å². The molecule has 4 nitrogen and oxygen atoms in total. The highest BCUT2D eigenvalue weighted by Gasteiger charge is 2.22. The van der Waals surface area contributed by atoms with Crippen molar-refractivity contribution < 1.29 is 9.47 Å². The van der Waals surface area contributed by atoms with Crippen molar-refractivity contribution in [2.45, 2.75) is 19.4 Å². The first-order valence-electron chi connectivity index (χ1n) is 6.09.